The number of benzene rings is 1. The zero-order valence-corrected chi connectivity index (χ0v) is 11.8. The molecule has 2 rings (SSSR count). The molecule has 2 nitrogen and oxygen atoms in total. The van der Waals surface area contributed by atoms with Crippen LogP contribution in [-0.2, 0) is 0 Å². The Hall–Kier alpha value is -1.09. The van der Waals surface area contributed by atoms with Gasteiger partial charge in [-0.15, -0.1) is 0 Å². The van der Waals surface area contributed by atoms with Gasteiger partial charge in [-0.2, -0.15) is 0 Å². The van der Waals surface area contributed by atoms with Crippen molar-refractivity contribution in [1.29, 1.82) is 0 Å². The second kappa shape index (κ2) is 4.30. The molecule has 1 heterocycles. The molecule has 0 bridgehead atoms. The summed E-state index contributed by atoms with van der Waals surface area (Å²) in [6.45, 7) is 8.72. The normalized spacial score (nSPS) is 23.4. The van der Waals surface area contributed by atoms with Gasteiger partial charge >= 0.3 is 0 Å². The lowest BCUT2D eigenvalue weighted by Crippen LogP contribution is -2.60. The highest BCUT2D eigenvalue weighted by Gasteiger charge is 2.33. The van der Waals surface area contributed by atoms with Crippen molar-refractivity contribution in [3.05, 3.63) is 29.8 Å². The Bertz CT molecular complexity index is 422. The Morgan fingerprint density at radius 1 is 1.29 bits per heavy atom. The molecule has 1 aromatic rings. The zero-order valence-electron chi connectivity index (χ0n) is 10.9. The van der Waals surface area contributed by atoms with Crippen LogP contribution in [0.3, 0.4) is 0 Å². The molecule has 92 valence electrons. The third-order valence-electron chi connectivity index (χ3n) is 3.22. The van der Waals surface area contributed by atoms with E-state index < -0.39 is 0 Å². The van der Waals surface area contributed by atoms with Gasteiger partial charge in [-0.1, -0.05) is 17.7 Å². The van der Waals surface area contributed by atoms with Crippen LogP contribution in [0.2, 0.25) is 0 Å². The molecule has 1 aliphatic heterocycles. The molecule has 1 N–H and O–H groups in total. The third kappa shape index (κ3) is 2.60. The van der Waals surface area contributed by atoms with Crippen molar-refractivity contribution < 1.29 is 0 Å². The summed E-state index contributed by atoms with van der Waals surface area (Å²) in [5.41, 5.74) is 2.55. The third-order valence-corrected chi connectivity index (χ3v) is 3.52. The Kier molecular flexibility index (Phi) is 3.13. The molecular weight excluding hydrogens is 228 g/mol. The first-order chi connectivity index (χ1) is 7.89. The number of nitrogens with one attached hydrogen (secondary N) is 1. The summed E-state index contributed by atoms with van der Waals surface area (Å²) in [5, 5.41) is 4.24. The summed E-state index contributed by atoms with van der Waals surface area (Å²) < 4.78 is 0. The number of nitrogens with zero attached hydrogens (tertiary/aromatic N) is 1. The molecule has 0 spiro atoms. The number of thiocarbonyl (C=S) groups is 1. The minimum absolute atomic E-state index is 0.0949. The topological polar surface area (TPSA) is 15.3 Å². The molecule has 0 radical (unpaired) electrons. The Labute approximate surface area is 109 Å². The van der Waals surface area contributed by atoms with E-state index in [0.29, 0.717) is 6.04 Å². The molecule has 1 atom stereocenters. The van der Waals surface area contributed by atoms with Crippen LogP contribution in [0.4, 0.5) is 5.69 Å². The van der Waals surface area contributed by atoms with Crippen LogP contribution in [0.1, 0.15) is 32.8 Å². The van der Waals surface area contributed by atoms with Crippen LogP contribution in [0, 0.1) is 6.92 Å². The van der Waals surface area contributed by atoms with E-state index in [-0.39, 0.29) is 5.54 Å². The second-order valence-electron chi connectivity index (χ2n) is 5.57. The van der Waals surface area contributed by atoms with E-state index in [0.717, 1.165) is 11.5 Å². The lowest BCUT2D eigenvalue weighted by atomic mass is 9.92. The lowest BCUT2D eigenvalue weighted by molar-refractivity contribution is 0.367. The van der Waals surface area contributed by atoms with Gasteiger partial charge in [-0.05, 0) is 58.5 Å². The predicted octanol–water partition coefficient (Wildman–Crippen LogP) is 3.25. The number of aryl methyl sites for hydroxylation is 1. The molecule has 3 heteroatoms. The largest absolute Gasteiger partial charge is 0.357 e. The summed E-state index contributed by atoms with van der Waals surface area (Å²) in [5.74, 6) is 0. The van der Waals surface area contributed by atoms with E-state index in [1.54, 1.807) is 0 Å². The maximum atomic E-state index is 5.48. The monoisotopic (exact) mass is 248 g/mol. The second-order valence-corrected chi connectivity index (χ2v) is 5.96. The van der Waals surface area contributed by atoms with Crippen LogP contribution in [0.15, 0.2) is 24.3 Å². The van der Waals surface area contributed by atoms with E-state index in [9.17, 15) is 0 Å². The zero-order chi connectivity index (χ0) is 12.6. The fourth-order valence-electron chi connectivity index (χ4n) is 2.51. The predicted molar refractivity (Wildman–Crippen MR) is 77.5 cm³/mol. The molecular formula is C14H20N2S. The smallest absolute Gasteiger partial charge is 0.174 e. The van der Waals surface area contributed by atoms with E-state index in [4.69, 9.17) is 12.2 Å². The minimum Gasteiger partial charge on any atom is -0.357 e. The average Bonchev–Trinajstić information content (AvgIpc) is 2.18. The molecule has 1 aliphatic rings. The van der Waals surface area contributed by atoms with Gasteiger partial charge in [-0.25, -0.2) is 0 Å². The molecule has 1 unspecified atom stereocenters. The Balaban J connectivity index is 2.27. The van der Waals surface area contributed by atoms with E-state index in [1.807, 2.05) is 0 Å². The molecule has 0 aromatic heterocycles. The maximum absolute atomic E-state index is 5.48. The summed E-state index contributed by atoms with van der Waals surface area (Å²) in [4.78, 5) is 2.21. The SMILES string of the molecule is Cc1ccc(N2C(=S)NC(C)(C)CC2C)cc1. The van der Waals surface area contributed by atoms with Crippen LogP contribution in [0.25, 0.3) is 0 Å². The van der Waals surface area contributed by atoms with Crippen LogP contribution >= 0.6 is 12.2 Å². The van der Waals surface area contributed by atoms with Crippen molar-refractivity contribution in [3.63, 3.8) is 0 Å². The quantitative estimate of drug-likeness (QED) is 0.768. The number of rotatable bonds is 1. The molecule has 1 saturated heterocycles. The summed E-state index contributed by atoms with van der Waals surface area (Å²) >= 11 is 5.48. The number of anilines is 1. The van der Waals surface area contributed by atoms with E-state index >= 15 is 0 Å². The van der Waals surface area contributed by atoms with Crippen LogP contribution in [0.5, 0.6) is 0 Å². The lowest BCUT2D eigenvalue weighted by Gasteiger charge is -2.44. The standard InChI is InChI=1S/C14H20N2S/c1-10-5-7-12(8-6-10)16-11(2)9-14(3,4)15-13(16)17/h5-8,11H,9H2,1-4H3,(H,15,17). The van der Waals surface area contributed by atoms with Crippen molar-refractivity contribution >= 4 is 23.0 Å². The fourth-order valence-corrected chi connectivity index (χ4v) is 3.07. The summed E-state index contributed by atoms with van der Waals surface area (Å²) in [6, 6.07) is 8.96. The van der Waals surface area contributed by atoms with Crippen molar-refractivity contribution in [3.8, 4) is 0 Å². The van der Waals surface area contributed by atoms with Gasteiger partial charge in [0.1, 0.15) is 0 Å². The first kappa shape index (κ1) is 12.4. The van der Waals surface area contributed by atoms with Crippen molar-refractivity contribution in [2.45, 2.75) is 45.7 Å². The van der Waals surface area contributed by atoms with Gasteiger partial charge < -0.3 is 10.2 Å². The minimum atomic E-state index is 0.0949. The highest BCUT2D eigenvalue weighted by Crippen LogP contribution is 2.27. The van der Waals surface area contributed by atoms with Crippen LogP contribution < -0.4 is 10.2 Å². The van der Waals surface area contributed by atoms with Crippen molar-refractivity contribution in [2.75, 3.05) is 4.90 Å². The molecule has 0 amide bonds. The molecule has 0 saturated carbocycles. The van der Waals surface area contributed by atoms with E-state index in [2.05, 4.69) is 62.2 Å². The molecule has 0 aliphatic carbocycles. The number of hydrogen-bond donors (Lipinski definition) is 1. The average molecular weight is 248 g/mol. The van der Waals surface area contributed by atoms with Gasteiger partial charge in [0.05, 0.1) is 0 Å². The van der Waals surface area contributed by atoms with Crippen LogP contribution in [-0.4, -0.2) is 16.7 Å². The van der Waals surface area contributed by atoms with Gasteiger partial charge in [0, 0.05) is 17.3 Å². The van der Waals surface area contributed by atoms with Gasteiger partial charge in [0.2, 0.25) is 0 Å². The highest BCUT2D eigenvalue weighted by molar-refractivity contribution is 7.80. The Morgan fingerprint density at radius 3 is 2.41 bits per heavy atom. The first-order valence-corrected chi connectivity index (χ1v) is 6.48. The first-order valence-electron chi connectivity index (χ1n) is 6.07. The van der Waals surface area contributed by atoms with Gasteiger partial charge in [0.25, 0.3) is 0 Å². The number of hydrogen-bond acceptors (Lipinski definition) is 1. The maximum Gasteiger partial charge on any atom is 0.174 e. The van der Waals surface area contributed by atoms with Crippen molar-refractivity contribution in [1.82, 2.24) is 5.32 Å². The molecule has 17 heavy (non-hydrogen) atoms. The summed E-state index contributed by atoms with van der Waals surface area (Å²) in [7, 11) is 0. The van der Waals surface area contributed by atoms with Gasteiger partial charge in [0.15, 0.2) is 5.11 Å². The van der Waals surface area contributed by atoms with Gasteiger partial charge in [-0.3, -0.25) is 0 Å². The van der Waals surface area contributed by atoms with Crippen molar-refractivity contribution in [2.24, 2.45) is 0 Å². The fraction of sp³-hybridized carbons (Fsp3) is 0.500. The summed E-state index contributed by atoms with van der Waals surface area (Å²) in [6.07, 6.45) is 1.08. The highest BCUT2D eigenvalue weighted by atomic mass is 32.1. The van der Waals surface area contributed by atoms with E-state index in [1.165, 1.54) is 11.3 Å². The molecule has 1 aromatic carbocycles. The Morgan fingerprint density at radius 2 is 1.88 bits per heavy atom. The molecule has 1 fully saturated rings.